The standard InChI is InChI=1S/C17H21N3O/c21-17(16-11-13-5-1-2-7-15(13)18-16)20-10-9-19-8-4-3-6-14(19)12-20/h1-2,5,7,11,14,18H,3-4,6,8-10,12H2. The van der Waals surface area contributed by atoms with E-state index in [2.05, 4.69) is 9.88 Å². The highest BCUT2D eigenvalue weighted by atomic mass is 16.2. The summed E-state index contributed by atoms with van der Waals surface area (Å²) in [6.45, 7) is 3.97. The summed E-state index contributed by atoms with van der Waals surface area (Å²) in [6.07, 6.45) is 3.85. The Morgan fingerprint density at radius 3 is 2.95 bits per heavy atom. The second kappa shape index (κ2) is 5.19. The van der Waals surface area contributed by atoms with Crippen molar-refractivity contribution in [1.82, 2.24) is 14.8 Å². The lowest BCUT2D eigenvalue weighted by Crippen LogP contribution is -2.56. The van der Waals surface area contributed by atoms with Crippen molar-refractivity contribution in [2.75, 3.05) is 26.2 Å². The summed E-state index contributed by atoms with van der Waals surface area (Å²) < 4.78 is 0. The number of nitrogens with one attached hydrogen (secondary N) is 1. The SMILES string of the molecule is O=C(c1cc2ccccc2[nH]1)N1CCN2CCCCC2C1. The van der Waals surface area contributed by atoms with Gasteiger partial charge in [0.15, 0.2) is 0 Å². The molecule has 0 bridgehead atoms. The molecule has 4 rings (SSSR count). The van der Waals surface area contributed by atoms with Crippen molar-refractivity contribution in [3.63, 3.8) is 0 Å². The van der Waals surface area contributed by atoms with E-state index in [0.717, 1.165) is 36.2 Å². The van der Waals surface area contributed by atoms with Gasteiger partial charge in [0, 0.05) is 36.6 Å². The summed E-state index contributed by atoms with van der Waals surface area (Å²) in [5.74, 6) is 0.149. The molecule has 3 heterocycles. The fraction of sp³-hybridized carbons (Fsp3) is 0.471. The number of aromatic nitrogens is 1. The van der Waals surface area contributed by atoms with Gasteiger partial charge in [-0.2, -0.15) is 0 Å². The number of fused-ring (bicyclic) bond motifs is 2. The lowest BCUT2D eigenvalue weighted by Gasteiger charge is -2.43. The van der Waals surface area contributed by atoms with Gasteiger partial charge in [0.2, 0.25) is 0 Å². The Balaban J connectivity index is 1.54. The highest BCUT2D eigenvalue weighted by Crippen LogP contribution is 2.23. The highest BCUT2D eigenvalue weighted by molar-refractivity contribution is 5.98. The van der Waals surface area contributed by atoms with Crippen LogP contribution in [0.2, 0.25) is 0 Å². The zero-order valence-electron chi connectivity index (χ0n) is 12.2. The van der Waals surface area contributed by atoms with Crippen molar-refractivity contribution in [1.29, 1.82) is 0 Å². The molecule has 1 aromatic carbocycles. The minimum Gasteiger partial charge on any atom is -0.351 e. The van der Waals surface area contributed by atoms with Gasteiger partial charge in [-0.3, -0.25) is 9.69 Å². The maximum Gasteiger partial charge on any atom is 0.270 e. The molecule has 21 heavy (non-hydrogen) atoms. The lowest BCUT2D eigenvalue weighted by atomic mass is 9.99. The molecule has 0 aliphatic carbocycles. The molecule has 4 heteroatoms. The molecule has 2 saturated heterocycles. The number of hydrogen-bond donors (Lipinski definition) is 1. The smallest absolute Gasteiger partial charge is 0.270 e. The molecule has 1 N–H and O–H groups in total. The van der Waals surface area contributed by atoms with Crippen molar-refractivity contribution in [3.05, 3.63) is 36.0 Å². The van der Waals surface area contributed by atoms with E-state index in [1.165, 1.54) is 25.8 Å². The van der Waals surface area contributed by atoms with E-state index in [1.807, 2.05) is 35.2 Å². The number of hydrogen-bond acceptors (Lipinski definition) is 2. The summed E-state index contributed by atoms with van der Waals surface area (Å²) in [7, 11) is 0. The monoisotopic (exact) mass is 283 g/mol. The van der Waals surface area contributed by atoms with Crippen LogP contribution in [-0.2, 0) is 0 Å². The zero-order valence-corrected chi connectivity index (χ0v) is 12.2. The van der Waals surface area contributed by atoms with E-state index in [0.29, 0.717) is 6.04 Å². The third kappa shape index (κ3) is 2.33. The molecule has 0 spiro atoms. The van der Waals surface area contributed by atoms with Crippen LogP contribution in [0.15, 0.2) is 30.3 Å². The molecule has 1 unspecified atom stereocenters. The molecule has 2 aromatic rings. The van der Waals surface area contributed by atoms with E-state index in [-0.39, 0.29) is 5.91 Å². The number of rotatable bonds is 1. The summed E-state index contributed by atoms with van der Waals surface area (Å²) in [4.78, 5) is 20.6. The maximum atomic E-state index is 12.7. The van der Waals surface area contributed by atoms with Crippen molar-refractivity contribution in [3.8, 4) is 0 Å². The Kier molecular flexibility index (Phi) is 3.19. The Morgan fingerprint density at radius 2 is 2.05 bits per heavy atom. The van der Waals surface area contributed by atoms with Crippen molar-refractivity contribution >= 4 is 16.8 Å². The highest BCUT2D eigenvalue weighted by Gasteiger charge is 2.31. The number of nitrogens with zero attached hydrogens (tertiary/aromatic N) is 2. The Hall–Kier alpha value is -1.81. The number of amides is 1. The van der Waals surface area contributed by atoms with Crippen LogP contribution in [0.4, 0.5) is 0 Å². The summed E-state index contributed by atoms with van der Waals surface area (Å²) in [5.41, 5.74) is 1.76. The summed E-state index contributed by atoms with van der Waals surface area (Å²) >= 11 is 0. The molecule has 0 radical (unpaired) electrons. The molecular weight excluding hydrogens is 262 g/mol. The van der Waals surface area contributed by atoms with Crippen molar-refractivity contribution in [2.45, 2.75) is 25.3 Å². The number of H-pyrrole nitrogens is 1. The van der Waals surface area contributed by atoms with Gasteiger partial charge >= 0.3 is 0 Å². The van der Waals surface area contributed by atoms with Crippen molar-refractivity contribution < 1.29 is 4.79 Å². The summed E-state index contributed by atoms with van der Waals surface area (Å²) in [6, 6.07) is 10.6. The van der Waals surface area contributed by atoms with E-state index in [1.54, 1.807) is 0 Å². The Labute approximate surface area is 124 Å². The van der Waals surface area contributed by atoms with Crippen LogP contribution in [0, 0.1) is 0 Å². The van der Waals surface area contributed by atoms with Gasteiger partial charge < -0.3 is 9.88 Å². The first kappa shape index (κ1) is 12.9. The van der Waals surface area contributed by atoms with Gasteiger partial charge in [0.1, 0.15) is 5.69 Å². The zero-order chi connectivity index (χ0) is 14.2. The molecule has 1 amide bonds. The van der Waals surface area contributed by atoms with Gasteiger partial charge in [-0.1, -0.05) is 24.6 Å². The molecule has 1 aromatic heterocycles. The number of piperidine rings is 1. The van der Waals surface area contributed by atoms with Crippen LogP contribution < -0.4 is 0 Å². The molecule has 2 aliphatic rings. The molecular formula is C17H21N3O. The Morgan fingerprint density at radius 1 is 1.14 bits per heavy atom. The van der Waals surface area contributed by atoms with Gasteiger partial charge in [-0.15, -0.1) is 0 Å². The van der Waals surface area contributed by atoms with Gasteiger partial charge in [0.25, 0.3) is 5.91 Å². The predicted molar refractivity (Wildman–Crippen MR) is 83.4 cm³/mol. The number of benzene rings is 1. The molecule has 110 valence electrons. The quantitative estimate of drug-likeness (QED) is 0.873. The van der Waals surface area contributed by atoms with E-state index < -0.39 is 0 Å². The van der Waals surface area contributed by atoms with Crippen LogP contribution in [0.5, 0.6) is 0 Å². The van der Waals surface area contributed by atoms with Gasteiger partial charge in [-0.25, -0.2) is 0 Å². The molecule has 2 aliphatic heterocycles. The second-order valence-corrected chi connectivity index (χ2v) is 6.21. The van der Waals surface area contributed by atoms with Gasteiger partial charge in [0.05, 0.1) is 0 Å². The number of aromatic amines is 1. The number of carbonyl (C=O) groups excluding carboxylic acids is 1. The topological polar surface area (TPSA) is 39.3 Å². The fourth-order valence-electron chi connectivity index (χ4n) is 3.70. The normalized spacial score (nSPS) is 23.2. The molecule has 2 fully saturated rings. The molecule has 0 saturated carbocycles. The lowest BCUT2D eigenvalue weighted by molar-refractivity contribution is 0.0369. The van der Waals surface area contributed by atoms with Crippen LogP contribution in [0.3, 0.4) is 0 Å². The largest absolute Gasteiger partial charge is 0.351 e. The first-order valence-electron chi connectivity index (χ1n) is 7.92. The molecule has 4 nitrogen and oxygen atoms in total. The minimum atomic E-state index is 0.149. The van der Waals surface area contributed by atoms with E-state index in [4.69, 9.17) is 0 Å². The number of carbonyl (C=O) groups is 1. The van der Waals surface area contributed by atoms with Crippen LogP contribution in [0.25, 0.3) is 10.9 Å². The van der Waals surface area contributed by atoms with Crippen molar-refractivity contribution in [2.24, 2.45) is 0 Å². The first-order chi connectivity index (χ1) is 10.3. The number of para-hydroxylation sites is 1. The first-order valence-corrected chi connectivity index (χ1v) is 7.92. The third-order valence-electron chi connectivity index (χ3n) is 4.88. The van der Waals surface area contributed by atoms with E-state index in [9.17, 15) is 4.79 Å². The summed E-state index contributed by atoms with van der Waals surface area (Å²) in [5, 5.41) is 1.11. The average molecular weight is 283 g/mol. The number of piperazine rings is 1. The second-order valence-electron chi connectivity index (χ2n) is 6.21. The van der Waals surface area contributed by atoms with Crippen LogP contribution in [-0.4, -0.2) is 52.9 Å². The molecule has 1 atom stereocenters. The third-order valence-corrected chi connectivity index (χ3v) is 4.88. The van der Waals surface area contributed by atoms with Crippen LogP contribution in [0.1, 0.15) is 29.8 Å². The van der Waals surface area contributed by atoms with Gasteiger partial charge in [-0.05, 0) is 31.5 Å². The fourth-order valence-corrected chi connectivity index (χ4v) is 3.70. The Bertz CT molecular complexity index is 630. The van der Waals surface area contributed by atoms with E-state index >= 15 is 0 Å². The predicted octanol–water partition coefficient (Wildman–Crippen LogP) is 2.48. The average Bonchev–Trinajstić information content (AvgIpc) is 2.97. The maximum absolute atomic E-state index is 12.7. The minimum absolute atomic E-state index is 0.149. The van der Waals surface area contributed by atoms with Crippen LogP contribution >= 0.6 is 0 Å².